The molecule has 2 aliphatic heterocycles. The van der Waals surface area contributed by atoms with E-state index in [2.05, 4.69) is 22.8 Å². The molecule has 7 nitrogen and oxygen atoms in total. The summed E-state index contributed by atoms with van der Waals surface area (Å²) in [6.45, 7) is 2.55. The van der Waals surface area contributed by atoms with Crippen LogP contribution in [0.4, 0.5) is 0 Å². The van der Waals surface area contributed by atoms with Crippen molar-refractivity contribution in [1.29, 1.82) is 0 Å². The van der Waals surface area contributed by atoms with Crippen molar-refractivity contribution >= 4 is 17.7 Å². The SMILES string of the molecule is CCC[C@H](N)C(=O)N[C@H]1CC[C@H]2CC[C@@H](C(=O)NCC3C=CC=CC3)N2C1=O. The molecule has 1 unspecified atom stereocenters. The second-order valence-corrected chi connectivity index (χ2v) is 8.08. The van der Waals surface area contributed by atoms with Crippen molar-refractivity contribution < 1.29 is 14.4 Å². The molecule has 0 aromatic rings. The zero-order valence-corrected chi connectivity index (χ0v) is 16.6. The third-order valence-corrected chi connectivity index (χ3v) is 6.01. The summed E-state index contributed by atoms with van der Waals surface area (Å²) in [5, 5.41) is 5.82. The Morgan fingerprint density at radius 3 is 2.75 bits per heavy atom. The standard InChI is InChI=1S/C21H32N4O3/c1-2-6-16(22)19(26)24-17-11-9-15-10-12-18(25(15)21(17)28)20(27)23-13-14-7-4-3-5-8-14/h3-5,7,14-18H,2,6,8-13,22H2,1H3,(H,23,27)(H,24,26)/t14?,15-,16-,17-,18-/m0/s1. The lowest BCUT2D eigenvalue weighted by Crippen LogP contribution is -2.60. The summed E-state index contributed by atoms with van der Waals surface area (Å²) in [6.07, 6.45) is 13.4. The summed E-state index contributed by atoms with van der Waals surface area (Å²) < 4.78 is 0. The van der Waals surface area contributed by atoms with Crippen LogP contribution in [0.3, 0.4) is 0 Å². The fraction of sp³-hybridized carbons (Fsp3) is 0.667. The number of fused-ring (bicyclic) bond motifs is 1. The Labute approximate surface area is 166 Å². The summed E-state index contributed by atoms with van der Waals surface area (Å²) in [7, 11) is 0. The molecule has 3 rings (SSSR count). The summed E-state index contributed by atoms with van der Waals surface area (Å²) in [5.74, 6) is -0.216. The number of hydrogen-bond acceptors (Lipinski definition) is 4. The maximum absolute atomic E-state index is 13.0. The maximum Gasteiger partial charge on any atom is 0.246 e. The Balaban J connectivity index is 1.57. The Morgan fingerprint density at radius 2 is 2.04 bits per heavy atom. The number of rotatable bonds is 7. The lowest BCUT2D eigenvalue weighted by atomic mass is 9.97. The van der Waals surface area contributed by atoms with Crippen LogP contribution in [0.15, 0.2) is 24.3 Å². The minimum atomic E-state index is -0.592. The second kappa shape index (κ2) is 9.37. The van der Waals surface area contributed by atoms with E-state index in [-0.39, 0.29) is 23.8 Å². The first kappa shape index (κ1) is 20.6. The maximum atomic E-state index is 13.0. The van der Waals surface area contributed by atoms with E-state index in [1.165, 1.54) is 0 Å². The molecule has 0 bridgehead atoms. The van der Waals surface area contributed by atoms with Crippen LogP contribution in [-0.4, -0.2) is 53.3 Å². The first-order chi connectivity index (χ1) is 13.5. The fourth-order valence-corrected chi connectivity index (χ4v) is 4.41. The van der Waals surface area contributed by atoms with Gasteiger partial charge in [-0.25, -0.2) is 0 Å². The molecule has 0 aromatic carbocycles. The van der Waals surface area contributed by atoms with E-state index >= 15 is 0 Å². The van der Waals surface area contributed by atoms with Gasteiger partial charge in [0.25, 0.3) is 0 Å². The van der Waals surface area contributed by atoms with Gasteiger partial charge in [-0.05, 0) is 44.4 Å². The van der Waals surface area contributed by atoms with E-state index in [1.54, 1.807) is 4.90 Å². The monoisotopic (exact) mass is 388 g/mol. The summed E-state index contributed by atoms with van der Waals surface area (Å²) in [5.41, 5.74) is 5.87. The van der Waals surface area contributed by atoms with Gasteiger partial charge in [-0.3, -0.25) is 14.4 Å². The molecule has 28 heavy (non-hydrogen) atoms. The highest BCUT2D eigenvalue weighted by molar-refractivity contribution is 5.94. The van der Waals surface area contributed by atoms with E-state index in [0.717, 1.165) is 25.7 Å². The fourth-order valence-electron chi connectivity index (χ4n) is 4.41. The molecular weight excluding hydrogens is 356 g/mol. The third kappa shape index (κ3) is 4.63. The van der Waals surface area contributed by atoms with E-state index in [9.17, 15) is 14.4 Å². The number of carbonyl (C=O) groups excluding carboxylic acids is 3. The van der Waals surface area contributed by atoms with Crippen LogP contribution in [0, 0.1) is 5.92 Å². The number of amides is 3. The van der Waals surface area contributed by atoms with Crippen LogP contribution in [0.25, 0.3) is 0 Å². The van der Waals surface area contributed by atoms with Gasteiger partial charge in [-0.1, -0.05) is 37.6 Å². The van der Waals surface area contributed by atoms with Crippen LogP contribution < -0.4 is 16.4 Å². The molecular formula is C21H32N4O3. The summed E-state index contributed by atoms with van der Waals surface area (Å²) in [6, 6.07) is -1.51. The van der Waals surface area contributed by atoms with Crippen molar-refractivity contribution in [3.8, 4) is 0 Å². The largest absolute Gasteiger partial charge is 0.354 e. The predicted molar refractivity (Wildman–Crippen MR) is 107 cm³/mol. The molecule has 7 heteroatoms. The Bertz CT molecular complexity index is 660. The van der Waals surface area contributed by atoms with Gasteiger partial charge in [0, 0.05) is 12.6 Å². The third-order valence-electron chi connectivity index (χ3n) is 6.01. The minimum absolute atomic E-state index is 0.0894. The number of hydrogen-bond donors (Lipinski definition) is 3. The number of piperidine rings is 1. The Hall–Kier alpha value is -2.15. The number of nitrogens with two attached hydrogens (primary N) is 1. The molecule has 0 radical (unpaired) electrons. The molecule has 3 aliphatic rings. The number of allylic oxidation sites excluding steroid dienone is 3. The van der Waals surface area contributed by atoms with Gasteiger partial charge < -0.3 is 21.3 Å². The summed E-state index contributed by atoms with van der Waals surface area (Å²) in [4.78, 5) is 39.7. The number of nitrogens with zero attached hydrogens (tertiary/aromatic N) is 1. The van der Waals surface area contributed by atoms with Gasteiger partial charge in [0.05, 0.1) is 6.04 Å². The van der Waals surface area contributed by atoms with Crippen molar-refractivity contribution in [1.82, 2.24) is 15.5 Å². The van der Waals surface area contributed by atoms with Crippen LogP contribution in [-0.2, 0) is 14.4 Å². The minimum Gasteiger partial charge on any atom is -0.354 e. The highest BCUT2D eigenvalue weighted by atomic mass is 16.2. The van der Waals surface area contributed by atoms with Crippen molar-refractivity contribution in [3.63, 3.8) is 0 Å². The number of carbonyl (C=O) groups is 3. The van der Waals surface area contributed by atoms with Gasteiger partial charge in [0.15, 0.2) is 0 Å². The smallest absolute Gasteiger partial charge is 0.246 e. The van der Waals surface area contributed by atoms with Crippen LogP contribution in [0.2, 0.25) is 0 Å². The predicted octanol–water partition coefficient (Wildman–Crippen LogP) is 1.00. The number of nitrogens with one attached hydrogen (secondary N) is 2. The molecule has 0 aromatic heterocycles. The first-order valence-corrected chi connectivity index (χ1v) is 10.5. The molecule has 2 saturated heterocycles. The zero-order chi connectivity index (χ0) is 20.1. The molecule has 3 amide bonds. The summed E-state index contributed by atoms with van der Waals surface area (Å²) >= 11 is 0. The van der Waals surface area contributed by atoms with Crippen molar-refractivity contribution in [2.75, 3.05) is 6.54 Å². The molecule has 2 heterocycles. The molecule has 0 saturated carbocycles. The van der Waals surface area contributed by atoms with Crippen LogP contribution >= 0.6 is 0 Å². The molecule has 1 aliphatic carbocycles. The average Bonchev–Trinajstić information content (AvgIpc) is 3.14. The molecule has 4 N–H and O–H groups in total. The van der Waals surface area contributed by atoms with E-state index in [0.29, 0.717) is 31.7 Å². The van der Waals surface area contributed by atoms with Gasteiger partial charge >= 0.3 is 0 Å². The van der Waals surface area contributed by atoms with Crippen LogP contribution in [0.5, 0.6) is 0 Å². The van der Waals surface area contributed by atoms with Crippen molar-refractivity contribution in [2.45, 2.75) is 76.0 Å². The second-order valence-electron chi connectivity index (χ2n) is 8.08. The topological polar surface area (TPSA) is 105 Å². The Kier molecular flexibility index (Phi) is 6.88. The van der Waals surface area contributed by atoms with Gasteiger partial charge in [0.2, 0.25) is 17.7 Å². The van der Waals surface area contributed by atoms with Gasteiger partial charge in [-0.15, -0.1) is 0 Å². The average molecular weight is 389 g/mol. The first-order valence-electron chi connectivity index (χ1n) is 10.5. The van der Waals surface area contributed by atoms with Crippen molar-refractivity contribution in [3.05, 3.63) is 24.3 Å². The van der Waals surface area contributed by atoms with E-state index in [1.807, 2.05) is 19.1 Å². The Morgan fingerprint density at radius 1 is 1.25 bits per heavy atom. The lowest BCUT2D eigenvalue weighted by Gasteiger charge is -2.38. The van der Waals surface area contributed by atoms with Gasteiger partial charge in [-0.2, -0.15) is 0 Å². The highest BCUT2D eigenvalue weighted by Gasteiger charge is 2.46. The van der Waals surface area contributed by atoms with E-state index in [4.69, 9.17) is 5.73 Å². The zero-order valence-electron chi connectivity index (χ0n) is 16.6. The van der Waals surface area contributed by atoms with Gasteiger partial charge in [0.1, 0.15) is 12.1 Å². The molecule has 2 fully saturated rings. The highest BCUT2D eigenvalue weighted by Crippen LogP contribution is 2.32. The van der Waals surface area contributed by atoms with E-state index < -0.39 is 18.1 Å². The quantitative estimate of drug-likeness (QED) is 0.605. The van der Waals surface area contributed by atoms with Crippen LogP contribution in [0.1, 0.15) is 51.9 Å². The van der Waals surface area contributed by atoms with Crippen molar-refractivity contribution in [2.24, 2.45) is 11.7 Å². The molecule has 5 atom stereocenters. The lowest BCUT2D eigenvalue weighted by molar-refractivity contribution is -0.146. The molecule has 0 spiro atoms. The normalized spacial score (nSPS) is 30.1. The molecule has 154 valence electrons.